The van der Waals surface area contributed by atoms with Crippen LogP contribution >= 0.6 is 0 Å². The normalized spacial score (nSPS) is 15.2. The molecule has 0 bridgehead atoms. The molecule has 0 spiro atoms. The molecule has 8 heteroatoms. The van der Waals surface area contributed by atoms with Crippen LogP contribution in [0.25, 0.3) is 5.65 Å². The van der Waals surface area contributed by atoms with Crippen molar-refractivity contribution in [2.45, 2.75) is 25.9 Å². The fourth-order valence-electron chi connectivity index (χ4n) is 1.82. The molecule has 2 aromatic rings. The maximum absolute atomic E-state index is 12.7. The first kappa shape index (κ1) is 14.3. The highest BCUT2D eigenvalue weighted by Gasteiger charge is 2.32. The quantitative estimate of drug-likeness (QED) is 0.942. The molecule has 2 aromatic heterocycles. The first-order valence-corrected chi connectivity index (χ1v) is 5.86. The molecule has 0 saturated carbocycles. The van der Waals surface area contributed by atoms with Crippen LogP contribution in [0.15, 0.2) is 18.3 Å². The molecule has 108 valence electrons. The third kappa shape index (κ3) is 2.45. The van der Waals surface area contributed by atoms with E-state index in [2.05, 4.69) is 10.2 Å². The molecular formula is C12H12F3N3O2. The fourth-order valence-corrected chi connectivity index (χ4v) is 1.82. The molecule has 0 fully saturated rings. The fraction of sp³-hybridized carbons (Fsp3) is 0.417. The maximum atomic E-state index is 12.7. The van der Waals surface area contributed by atoms with Crippen molar-refractivity contribution in [3.63, 3.8) is 0 Å². The third-order valence-electron chi connectivity index (χ3n) is 3.30. The molecule has 5 nitrogen and oxygen atoms in total. The average Bonchev–Trinajstić information content (AvgIpc) is 2.78. The van der Waals surface area contributed by atoms with Gasteiger partial charge in [-0.1, -0.05) is 13.8 Å². The van der Waals surface area contributed by atoms with Crippen LogP contribution in [0.1, 0.15) is 31.2 Å². The summed E-state index contributed by atoms with van der Waals surface area (Å²) in [6.45, 7) is 3.07. The van der Waals surface area contributed by atoms with Gasteiger partial charge < -0.3 is 5.11 Å². The summed E-state index contributed by atoms with van der Waals surface area (Å²) in [5, 5.41) is 16.5. The van der Waals surface area contributed by atoms with Gasteiger partial charge in [0.1, 0.15) is 5.82 Å². The highest BCUT2D eigenvalue weighted by Crippen LogP contribution is 2.30. The van der Waals surface area contributed by atoms with Crippen LogP contribution in [0.5, 0.6) is 0 Å². The Morgan fingerprint density at radius 2 is 1.95 bits per heavy atom. The summed E-state index contributed by atoms with van der Waals surface area (Å²) in [5.74, 6) is -2.19. The van der Waals surface area contributed by atoms with Crippen LogP contribution in [0.2, 0.25) is 0 Å². The second-order valence-electron chi connectivity index (χ2n) is 4.62. The highest BCUT2D eigenvalue weighted by atomic mass is 19.4. The molecule has 2 unspecified atom stereocenters. The molecule has 0 aliphatic heterocycles. The van der Waals surface area contributed by atoms with Gasteiger partial charge in [0, 0.05) is 12.1 Å². The van der Waals surface area contributed by atoms with E-state index in [4.69, 9.17) is 5.11 Å². The number of hydrogen-bond donors (Lipinski definition) is 1. The van der Waals surface area contributed by atoms with Gasteiger partial charge in [0.2, 0.25) is 0 Å². The number of pyridine rings is 1. The summed E-state index contributed by atoms with van der Waals surface area (Å²) in [4.78, 5) is 11.0. The van der Waals surface area contributed by atoms with Gasteiger partial charge in [0.05, 0.1) is 11.5 Å². The molecule has 2 rings (SSSR count). The zero-order valence-corrected chi connectivity index (χ0v) is 10.7. The topological polar surface area (TPSA) is 67.5 Å². The zero-order valence-electron chi connectivity index (χ0n) is 10.7. The number of hydrogen-bond acceptors (Lipinski definition) is 3. The molecule has 20 heavy (non-hydrogen) atoms. The number of aliphatic carboxylic acids is 1. The Morgan fingerprint density at radius 3 is 2.50 bits per heavy atom. The molecule has 0 aliphatic carbocycles. The Balaban J connectivity index is 2.52. The van der Waals surface area contributed by atoms with E-state index in [-0.39, 0.29) is 11.5 Å². The van der Waals surface area contributed by atoms with Gasteiger partial charge in [-0.3, -0.25) is 9.20 Å². The zero-order chi connectivity index (χ0) is 15.1. The molecule has 2 heterocycles. The van der Waals surface area contributed by atoms with Crippen molar-refractivity contribution < 1.29 is 23.1 Å². The van der Waals surface area contributed by atoms with Gasteiger partial charge in [-0.2, -0.15) is 13.2 Å². The first-order chi connectivity index (χ1) is 9.21. The SMILES string of the molecule is CC(C(=O)O)C(C)c1nnc2ccc(C(F)(F)F)cn12. The largest absolute Gasteiger partial charge is 0.481 e. The van der Waals surface area contributed by atoms with Crippen LogP contribution < -0.4 is 0 Å². The lowest BCUT2D eigenvalue weighted by molar-refractivity contribution is -0.142. The number of nitrogens with zero attached hydrogens (tertiary/aromatic N) is 3. The van der Waals surface area contributed by atoms with Crippen LogP contribution in [0.4, 0.5) is 13.2 Å². The number of carboxylic acid groups (broad SMARTS) is 1. The Kier molecular flexibility index (Phi) is 3.41. The molecule has 0 saturated heterocycles. The lowest BCUT2D eigenvalue weighted by Crippen LogP contribution is -2.19. The van der Waals surface area contributed by atoms with Crippen molar-refractivity contribution >= 4 is 11.6 Å². The van der Waals surface area contributed by atoms with E-state index in [1.165, 1.54) is 17.4 Å². The van der Waals surface area contributed by atoms with Gasteiger partial charge in [-0.15, -0.1) is 10.2 Å². The van der Waals surface area contributed by atoms with Gasteiger partial charge in [-0.25, -0.2) is 0 Å². The molecule has 0 radical (unpaired) electrons. The molecule has 0 aromatic carbocycles. The van der Waals surface area contributed by atoms with Crippen molar-refractivity contribution in [3.05, 3.63) is 29.7 Å². The van der Waals surface area contributed by atoms with Gasteiger partial charge in [0.25, 0.3) is 0 Å². The minimum atomic E-state index is -4.47. The Bertz CT molecular complexity index is 651. The lowest BCUT2D eigenvalue weighted by atomic mass is 9.95. The second-order valence-corrected chi connectivity index (χ2v) is 4.62. The maximum Gasteiger partial charge on any atom is 0.417 e. The summed E-state index contributed by atoms with van der Waals surface area (Å²) in [5.41, 5.74) is -0.585. The predicted molar refractivity (Wildman–Crippen MR) is 63.2 cm³/mol. The van der Waals surface area contributed by atoms with Gasteiger partial charge in [-0.05, 0) is 12.1 Å². The minimum Gasteiger partial charge on any atom is -0.481 e. The summed E-state index contributed by atoms with van der Waals surface area (Å²) in [7, 11) is 0. The monoisotopic (exact) mass is 287 g/mol. The van der Waals surface area contributed by atoms with E-state index in [1.807, 2.05) is 0 Å². The summed E-state index contributed by atoms with van der Waals surface area (Å²) < 4.78 is 39.3. The van der Waals surface area contributed by atoms with Crippen molar-refractivity contribution in [1.82, 2.24) is 14.6 Å². The van der Waals surface area contributed by atoms with Gasteiger partial charge in [0.15, 0.2) is 5.65 Å². The van der Waals surface area contributed by atoms with E-state index in [0.29, 0.717) is 0 Å². The number of alkyl halides is 3. The van der Waals surface area contributed by atoms with E-state index in [9.17, 15) is 18.0 Å². The van der Waals surface area contributed by atoms with E-state index < -0.39 is 29.5 Å². The van der Waals surface area contributed by atoms with Crippen LogP contribution in [0, 0.1) is 5.92 Å². The molecule has 0 amide bonds. The Labute approximate surface area is 112 Å². The molecular weight excluding hydrogens is 275 g/mol. The number of carbonyl (C=O) groups is 1. The van der Waals surface area contributed by atoms with Crippen molar-refractivity contribution in [2.24, 2.45) is 5.92 Å². The van der Waals surface area contributed by atoms with Crippen LogP contribution in [-0.4, -0.2) is 25.7 Å². The molecule has 2 atom stereocenters. The molecule has 0 aliphatic rings. The van der Waals surface area contributed by atoms with Crippen LogP contribution in [0.3, 0.4) is 0 Å². The number of aromatic nitrogens is 3. The summed E-state index contributed by atoms with van der Waals surface area (Å²) in [6.07, 6.45) is -3.59. The average molecular weight is 287 g/mol. The van der Waals surface area contributed by atoms with Crippen molar-refractivity contribution in [2.75, 3.05) is 0 Å². The summed E-state index contributed by atoms with van der Waals surface area (Å²) >= 11 is 0. The Morgan fingerprint density at radius 1 is 1.30 bits per heavy atom. The minimum absolute atomic E-state index is 0.195. The molecule has 1 N–H and O–H groups in total. The first-order valence-electron chi connectivity index (χ1n) is 5.86. The van der Waals surface area contributed by atoms with Crippen LogP contribution in [-0.2, 0) is 11.0 Å². The van der Waals surface area contributed by atoms with Crippen molar-refractivity contribution in [1.29, 1.82) is 0 Å². The van der Waals surface area contributed by atoms with E-state index >= 15 is 0 Å². The smallest absolute Gasteiger partial charge is 0.417 e. The standard InChI is InChI=1S/C12H12F3N3O2/c1-6(7(2)11(19)20)10-17-16-9-4-3-8(5-18(9)10)12(13,14)15/h3-7H,1-2H3,(H,19,20). The van der Waals surface area contributed by atoms with E-state index in [1.54, 1.807) is 6.92 Å². The number of carboxylic acids is 1. The predicted octanol–water partition coefficient (Wildman–Crippen LogP) is 2.57. The number of rotatable bonds is 3. The highest BCUT2D eigenvalue weighted by molar-refractivity contribution is 5.70. The Hall–Kier alpha value is -2.12. The summed E-state index contributed by atoms with van der Waals surface area (Å²) in [6, 6.07) is 2.12. The number of halogens is 3. The lowest BCUT2D eigenvalue weighted by Gasteiger charge is -2.14. The van der Waals surface area contributed by atoms with E-state index in [0.717, 1.165) is 12.3 Å². The third-order valence-corrected chi connectivity index (χ3v) is 3.30. The number of fused-ring (bicyclic) bond motifs is 1. The second kappa shape index (κ2) is 4.77. The van der Waals surface area contributed by atoms with Crippen molar-refractivity contribution in [3.8, 4) is 0 Å². The van der Waals surface area contributed by atoms with Gasteiger partial charge >= 0.3 is 12.1 Å².